The van der Waals surface area contributed by atoms with Crippen molar-refractivity contribution in [2.45, 2.75) is 117 Å². The average Bonchev–Trinajstić information content (AvgIpc) is 2.62. The molecular formula is C23H45NO4. The second-order valence-corrected chi connectivity index (χ2v) is 8.72. The number of ether oxygens (including phenoxy) is 2. The zero-order valence-corrected chi connectivity index (χ0v) is 18.9. The first-order chi connectivity index (χ1) is 13.3. The smallest absolute Gasteiger partial charge is 0.320 e. The van der Waals surface area contributed by atoms with E-state index in [9.17, 15) is 9.59 Å². The van der Waals surface area contributed by atoms with E-state index in [1.54, 1.807) is 20.8 Å². The van der Waals surface area contributed by atoms with Crippen LogP contribution in [0.1, 0.15) is 111 Å². The second kappa shape index (κ2) is 16.8. The van der Waals surface area contributed by atoms with E-state index in [0.717, 1.165) is 19.3 Å². The van der Waals surface area contributed by atoms with Gasteiger partial charge in [-0.05, 0) is 27.2 Å². The number of carbonyl (C=O) groups is 2. The maximum atomic E-state index is 12.3. The third kappa shape index (κ3) is 15.9. The predicted octanol–water partition coefficient (Wildman–Crippen LogP) is 5.54. The number of hydrogen-bond donors (Lipinski definition) is 1. The summed E-state index contributed by atoms with van der Waals surface area (Å²) >= 11 is 0. The molecule has 0 aliphatic rings. The molecule has 0 spiro atoms. The zero-order valence-electron chi connectivity index (χ0n) is 18.9. The van der Waals surface area contributed by atoms with Gasteiger partial charge in [0.2, 0.25) is 0 Å². The summed E-state index contributed by atoms with van der Waals surface area (Å²) < 4.78 is 10.5. The maximum absolute atomic E-state index is 12.3. The molecule has 2 N–H and O–H groups in total. The van der Waals surface area contributed by atoms with Crippen molar-refractivity contribution in [2.24, 2.45) is 11.7 Å². The van der Waals surface area contributed by atoms with Gasteiger partial charge < -0.3 is 15.2 Å². The number of carbonyl (C=O) groups excluding carboxylic acids is 2. The molecule has 5 nitrogen and oxygen atoms in total. The van der Waals surface area contributed by atoms with Crippen LogP contribution in [0.25, 0.3) is 0 Å². The van der Waals surface area contributed by atoms with Gasteiger partial charge in [0, 0.05) is 6.54 Å². The topological polar surface area (TPSA) is 78.6 Å². The van der Waals surface area contributed by atoms with E-state index >= 15 is 0 Å². The van der Waals surface area contributed by atoms with Crippen molar-refractivity contribution in [1.82, 2.24) is 0 Å². The van der Waals surface area contributed by atoms with Crippen molar-refractivity contribution < 1.29 is 19.1 Å². The van der Waals surface area contributed by atoms with Crippen LogP contribution in [-0.4, -0.2) is 30.7 Å². The summed E-state index contributed by atoms with van der Waals surface area (Å²) in [4.78, 5) is 24.5. The van der Waals surface area contributed by atoms with Crippen molar-refractivity contribution in [3.8, 4) is 0 Å². The summed E-state index contributed by atoms with van der Waals surface area (Å²) in [5.41, 5.74) is 4.77. The van der Waals surface area contributed by atoms with Crippen LogP contribution < -0.4 is 5.73 Å². The van der Waals surface area contributed by atoms with Crippen LogP contribution in [0.4, 0.5) is 0 Å². The lowest BCUT2D eigenvalue weighted by atomic mass is 9.99. The van der Waals surface area contributed by atoms with Gasteiger partial charge in [-0.25, -0.2) is 0 Å². The van der Waals surface area contributed by atoms with Gasteiger partial charge in [-0.15, -0.1) is 0 Å². The van der Waals surface area contributed by atoms with Crippen LogP contribution in [0.15, 0.2) is 0 Å². The summed E-state index contributed by atoms with van der Waals surface area (Å²) in [5, 5.41) is 0. The molecule has 28 heavy (non-hydrogen) atoms. The average molecular weight is 400 g/mol. The van der Waals surface area contributed by atoms with Gasteiger partial charge >= 0.3 is 11.9 Å². The first-order valence-corrected chi connectivity index (χ1v) is 11.4. The molecule has 166 valence electrons. The van der Waals surface area contributed by atoms with E-state index in [-0.39, 0.29) is 13.2 Å². The Morgan fingerprint density at radius 2 is 1.25 bits per heavy atom. The first-order valence-electron chi connectivity index (χ1n) is 11.4. The van der Waals surface area contributed by atoms with Crippen molar-refractivity contribution >= 4 is 11.9 Å². The SMILES string of the molecule is CCCCCCCCCCCCCCC(C(=O)OCCN)C(=O)OC(C)(C)C. The molecule has 0 saturated carbocycles. The van der Waals surface area contributed by atoms with Crippen molar-refractivity contribution in [1.29, 1.82) is 0 Å². The molecule has 1 atom stereocenters. The molecule has 0 aliphatic heterocycles. The lowest BCUT2D eigenvalue weighted by molar-refractivity contribution is -0.169. The molecule has 5 heteroatoms. The molecule has 0 radical (unpaired) electrons. The molecule has 0 bridgehead atoms. The van der Waals surface area contributed by atoms with Crippen LogP contribution in [0.2, 0.25) is 0 Å². The van der Waals surface area contributed by atoms with Crippen molar-refractivity contribution in [3.05, 3.63) is 0 Å². The van der Waals surface area contributed by atoms with Crippen LogP contribution in [0.5, 0.6) is 0 Å². The standard InChI is InChI=1S/C23H45NO4/c1-5-6-7-8-9-10-11-12-13-14-15-16-17-20(21(25)27-19-18-24)22(26)28-23(2,3)4/h20H,5-19,24H2,1-4H3. The Kier molecular flexibility index (Phi) is 16.2. The number of nitrogens with two attached hydrogens (primary N) is 1. The number of esters is 2. The highest BCUT2D eigenvalue weighted by atomic mass is 16.6. The monoisotopic (exact) mass is 399 g/mol. The van der Waals surface area contributed by atoms with Crippen molar-refractivity contribution in [2.75, 3.05) is 13.2 Å². The van der Waals surface area contributed by atoms with Crippen LogP contribution in [0, 0.1) is 5.92 Å². The van der Waals surface area contributed by atoms with Crippen molar-refractivity contribution in [3.63, 3.8) is 0 Å². The fraction of sp³-hybridized carbons (Fsp3) is 0.913. The molecule has 1 unspecified atom stereocenters. The summed E-state index contributed by atoms with van der Waals surface area (Å²) in [6.45, 7) is 8.05. The van der Waals surface area contributed by atoms with E-state index < -0.39 is 23.5 Å². The zero-order chi connectivity index (χ0) is 21.3. The Bertz CT molecular complexity index is 404. The third-order valence-electron chi connectivity index (χ3n) is 4.68. The van der Waals surface area contributed by atoms with Gasteiger partial charge in [-0.3, -0.25) is 9.59 Å². The molecule has 0 saturated heterocycles. The Morgan fingerprint density at radius 3 is 1.68 bits per heavy atom. The molecule has 0 aromatic rings. The lowest BCUT2D eigenvalue weighted by Gasteiger charge is -2.23. The van der Waals surface area contributed by atoms with Gasteiger partial charge in [0.25, 0.3) is 0 Å². The number of rotatable bonds is 17. The fourth-order valence-corrected chi connectivity index (χ4v) is 3.15. The summed E-state index contributed by atoms with van der Waals surface area (Å²) in [7, 11) is 0. The fourth-order valence-electron chi connectivity index (χ4n) is 3.15. The normalized spacial score (nSPS) is 12.6. The first kappa shape index (κ1) is 26.9. The second-order valence-electron chi connectivity index (χ2n) is 8.72. The number of unbranched alkanes of at least 4 members (excludes halogenated alkanes) is 11. The molecule has 0 aliphatic carbocycles. The largest absolute Gasteiger partial charge is 0.464 e. The van der Waals surface area contributed by atoms with Crippen LogP contribution in [-0.2, 0) is 19.1 Å². The highest BCUT2D eigenvalue weighted by Gasteiger charge is 2.32. The van der Waals surface area contributed by atoms with E-state index in [1.807, 2.05) is 0 Å². The maximum Gasteiger partial charge on any atom is 0.320 e. The highest BCUT2D eigenvalue weighted by molar-refractivity contribution is 5.95. The predicted molar refractivity (Wildman–Crippen MR) is 115 cm³/mol. The minimum absolute atomic E-state index is 0.135. The van der Waals surface area contributed by atoms with Gasteiger partial charge in [0.1, 0.15) is 12.2 Å². The van der Waals surface area contributed by atoms with Crippen LogP contribution >= 0.6 is 0 Å². The quantitative estimate of drug-likeness (QED) is 0.197. The minimum Gasteiger partial charge on any atom is -0.464 e. The van der Waals surface area contributed by atoms with Gasteiger partial charge in [-0.1, -0.05) is 84.0 Å². The minimum atomic E-state index is -0.839. The van der Waals surface area contributed by atoms with Gasteiger partial charge in [0.15, 0.2) is 5.92 Å². The molecule has 0 amide bonds. The molecule has 0 heterocycles. The van der Waals surface area contributed by atoms with E-state index in [2.05, 4.69) is 6.92 Å². The third-order valence-corrected chi connectivity index (χ3v) is 4.68. The van der Waals surface area contributed by atoms with E-state index in [0.29, 0.717) is 6.42 Å². The molecule has 0 aromatic heterocycles. The summed E-state index contributed by atoms with van der Waals surface area (Å²) in [6, 6.07) is 0. The van der Waals surface area contributed by atoms with Crippen LogP contribution in [0.3, 0.4) is 0 Å². The Balaban J connectivity index is 3.98. The lowest BCUT2D eigenvalue weighted by Crippen LogP contribution is -2.34. The summed E-state index contributed by atoms with van der Waals surface area (Å²) in [5.74, 6) is -1.84. The molecule has 0 fully saturated rings. The Hall–Kier alpha value is -1.10. The number of hydrogen-bond acceptors (Lipinski definition) is 5. The van der Waals surface area contributed by atoms with E-state index in [4.69, 9.17) is 15.2 Å². The summed E-state index contributed by atoms with van der Waals surface area (Å²) in [6.07, 6.45) is 15.4. The molecular weight excluding hydrogens is 354 g/mol. The van der Waals surface area contributed by atoms with E-state index in [1.165, 1.54) is 57.8 Å². The van der Waals surface area contributed by atoms with Gasteiger partial charge in [0.05, 0.1) is 0 Å². The highest BCUT2D eigenvalue weighted by Crippen LogP contribution is 2.19. The Labute approximate surface area is 173 Å². The molecule has 0 aromatic carbocycles. The van der Waals surface area contributed by atoms with Gasteiger partial charge in [-0.2, -0.15) is 0 Å². The molecule has 0 rings (SSSR count). The Morgan fingerprint density at radius 1 is 0.786 bits per heavy atom.